The molecule has 2 amide bonds. The van der Waals surface area contributed by atoms with Gasteiger partial charge >= 0.3 is 12.0 Å². The first-order chi connectivity index (χ1) is 11.5. The molecule has 0 unspecified atom stereocenters. The minimum atomic E-state index is -0.874. The molecule has 0 fully saturated rings. The summed E-state index contributed by atoms with van der Waals surface area (Å²) in [6.07, 6.45) is 0.414. The van der Waals surface area contributed by atoms with E-state index in [1.54, 1.807) is 4.68 Å². The maximum Gasteiger partial charge on any atom is 0.320 e. The summed E-state index contributed by atoms with van der Waals surface area (Å²) in [5.41, 5.74) is 1.73. The third-order valence-corrected chi connectivity index (χ3v) is 3.42. The van der Waals surface area contributed by atoms with Crippen molar-refractivity contribution in [3.63, 3.8) is 0 Å². The van der Waals surface area contributed by atoms with Crippen LogP contribution in [-0.2, 0) is 4.79 Å². The number of carbonyl (C=O) groups excluding carboxylic acids is 1. The second-order valence-corrected chi connectivity index (χ2v) is 5.73. The van der Waals surface area contributed by atoms with Crippen molar-refractivity contribution in [3.8, 4) is 5.69 Å². The fourth-order valence-electron chi connectivity index (χ4n) is 2.14. The van der Waals surface area contributed by atoms with Crippen molar-refractivity contribution < 1.29 is 14.7 Å². The minimum Gasteiger partial charge on any atom is -0.481 e. The predicted molar refractivity (Wildman–Crippen MR) is 91.5 cm³/mol. The first kappa shape index (κ1) is 17.5. The predicted octanol–water partition coefficient (Wildman–Crippen LogP) is 2.98. The Bertz CT molecular complexity index is 695. The number of carbonyl (C=O) groups is 2. The Balaban J connectivity index is 2.08. The van der Waals surface area contributed by atoms with E-state index in [4.69, 9.17) is 5.11 Å². The van der Waals surface area contributed by atoms with Crippen molar-refractivity contribution >= 4 is 17.8 Å². The summed E-state index contributed by atoms with van der Waals surface area (Å²) in [6.45, 7) is 4.37. The van der Waals surface area contributed by atoms with E-state index in [0.29, 0.717) is 18.8 Å². The van der Waals surface area contributed by atoms with Crippen molar-refractivity contribution in [2.45, 2.75) is 32.6 Å². The fourth-order valence-corrected chi connectivity index (χ4v) is 2.14. The number of carboxylic acid groups (broad SMARTS) is 1. The number of rotatable bonds is 7. The van der Waals surface area contributed by atoms with Gasteiger partial charge in [-0.05, 0) is 24.5 Å². The van der Waals surface area contributed by atoms with Crippen LogP contribution in [0.5, 0.6) is 0 Å². The van der Waals surface area contributed by atoms with E-state index in [2.05, 4.69) is 15.7 Å². The van der Waals surface area contributed by atoms with E-state index >= 15 is 0 Å². The molecule has 0 saturated carbocycles. The number of para-hydroxylation sites is 1. The van der Waals surface area contributed by atoms with Crippen LogP contribution in [0.15, 0.2) is 36.4 Å². The lowest BCUT2D eigenvalue weighted by atomic mass is 10.1. The second-order valence-electron chi connectivity index (χ2n) is 5.73. The molecule has 7 nitrogen and oxygen atoms in total. The standard InChI is InChI=1S/C17H22N4O3/c1-12(2)14-11-15(19-17(24)18-10-6-9-16(22)23)21(20-14)13-7-4-3-5-8-13/h3-5,7-8,11-12H,6,9-10H2,1-2H3,(H,22,23)(H2,18,19,24). The van der Waals surface area contributed by atoms with E-state index in [-0.39, 0.29) is 18.4 Å². The van der Waals surface area contributed by atoms with Crippen molar-refractivity contribution in [2.75, 3.05) is 11.9 Å². The van der Waals surface area contributed by atoms with Gasteiger partial charge in [-0.25, -0.2) is 9.48 Å². The Morgan fingerprint density at radius 2 is 1.96 bits per heavy atom. The van der Waals surface area contributed by atoms with Gasteiger partial charge in [0.05, 0.1) is 11.4 Å². The van der Waals surface area contributed by atoms with Crippen LogP contribution in [0.25, 0.3) is 5.69 Å². The molecule has 0 aliphatic heterocycles. The Morgan fingerprint density at radius 1 is 1.25 bits per heavy atom. The molecule has 0 atom stereocenters. The zero-order valence-electron chi connectivity index (χ0n) is 13.8. The molecule has 2 rings (SSSR count). The first-order valence-corrected chi connectivity index (χ1v) is 7.89. The third-order valence-electron chi connectivity index (χ3n) is 3.42. The number of benzene rings is 1. The number of carboxylic acids is 1. The molecule has 1 aromatic heterocycles. The highest BCUT2D eigenvalue weighted by Gasteiger charge is 2.14. The fraction of sp³-hybridized carbons (Fsp3) is 0.353. The Labute approximate surface area is 140 Å². The summed E-state index contributed by atoms with van der Waals surface area (Å²) in [6, 6.07) is 11.0. The van der Waals surface area contributed by atoms with Gasteiger partial charge < -0.3 is 10.4 Å². The number of nitrogens with one attached hydrogen (secondary N) is 2. The van der Waals surface area contributed by atoms with Crippen LogP contribution in [0, 0.1) is 0 Å². The number of anilines is 1. The van der Waals surface area contributed by atoms with Gasteiger partial charge in [-0.1, -0.05) is 32.0 Å². The quantitative estimate of drug-likeness (QED) is 0.680. The molecule has 0 bridgehead atoms. The number of hydrogen-bond donors (Lipinski definition) is 3. The van der Waals surface area contributed by atoms with Gasteiger partial charge in [0.2, 0.25) is 0 Å². The van der Waals surface area contributed by atoms with Gasteiger partial charge in [0.25, 0.3) is 0 Å². The number of aliphatic carboxylic acids is 1. The molecular weight excluding hydrogens is 308 g/mol. The molecule has 7 heteroatoms. The number of nitrogens with zero attached hydrogens (tertiary/aromatic N) is 2. The Hall–Kier alpha value is -2.83. The molecule has 0 spiro atoms. The van der Waals surface area contributed by atoms with Gasteiger partial charge in [0.15, 0.2) is 0 Å². The van der Waals surface area contributed by atoms with Crippen LogP contribution >= 0.6 is 0 Å². The molecule has 3 N–H and O–H groups in total. The van der Waals surface area contributed by atoms with E-state index in [1.165, 1.54) is 0 Å². The monoisotopic (exact) mass is 330 g/mol. The molecule has 0 radical (unpaired) electrons. The lowest BCUT2D eigenvalue weighted by Crippen LogP contribution is -2.30. The van der Waals surface area contributed by atoms with Crippen molar-refractivity contribution in [1.82, 2.24) is 15.1 Å². The maximum absolute atomic E-state index is 12.0. The SMILES string of the molecule is CC(C)c1cc(NC(=O)NCCCC(=O)O)n(-c2ccccc2)n1. The normalized spacial score (nSPS) is 10.6. The Kier molecular flexibility index (Phi) is 5.95. The maximum atomic E-state index is 12.0. The summed E-state index contributed by atoms with van der Waals surface area (Å²) >= 11 is 0. The highest BCUT2D eigenvalue weighted by molar-refractivity contribution is 5.88. The summed E-state index contributed by atoms with van der Waals surface area (Å²) in [7, 11) is 0. The van der Waals surface area contributed by atoms with Gasteiger partial charge in [-0.3, -0.25) is 10.1 Å². The first-order valence-electron chi connectivity index (χ1n) is 7.89. The number of hydrogen-bond acceptors (Lipinski definition) is 3. The topological polar surface area (TPSA) is 96.3 Å². The zero-order valence-corrected chi connectivity index (χ0v) is 13.8. The minimum absolute atomic E-state index is 0.0275. The average Bonchev–Trinajstić information content (AvgIpc) is 2.96. The Morgan fingerprint density at radius 3 is 2.58 bits per heavy atom. The van der Waals surface area contributed by atoms with Gasteiger partial charge in [-0.15, -0.1) is 0 Å². The smallest absolute Gasteiger partial charge is 0.320 e. The van der Waals surface area contributed by atoms with Gasteiger partial charge in [0, 0.05) is 19.0 Å². The third kappa shape index (κ3) is 4.84. The largest absolute Gasteiger partial charge is 0.481 e. The van der Waals surface area contributed by atoms with Crippen LogP contribution in [-0.4, -0.2) is 33.4 Å². The van der Waals surface area contributed by atoms with E-state index < -0.39 is 5.97 Å². The molecule has 0 saturated heterocycles. The summed E-state index contributed by atoms with van der Waals surface area (Å²) in [5.74, 6) is -0.0734. The molecule has 2 aromatic rings. The summed E-state index contributed by atoms with van der Waals surface area (Å²) < 4.78 is 1.69. The van der Waals surface area contributed by atoms with E-state index in [1.807, 2.05) is 50.2 Å². The van der Waals surface area contributed by atoms with Crippen molar-refractivity contribution in [1.29, 1.82) is 0 Å². The van der Waals surface area contributed by atoms with Crippen molar-refractivity contribution in [3.05, 3.63) is 42.1 Å². The van der Waals surface area contributed by atoms with Crippen LogP contribution in [0.3, 0.4) is 0 Å². The lowest BCUT2D eigenvalue weighted by molar-refractivity contribution is -0.137. The average molecular weight is 330 g/mol. The lowest BCUT2D eigenvalue weighted by Gasteiger charge is -2.09. The molecule has 0 aliphatic rings. The van der Waals surface area contributed by atoms with Crippen LogP contribution in [0.2, 0.25) is 0 Å². The van der Waals surface area contributed by atoms with Gasteiger partial charge in [-0.2, -0.15) is 5.10 Å². The van der Waals surface area contributed by atoms with E-state index in [0.717, 1.165) is 11.4 Å². The zero-order chi connectivity index (χ0) is 17.5. The molecule has 128 valence electrons. The summed E-state index contributed by atoms with van der Waals surface area (Å²) in [5, 5.41) is 18.6. The molecule has 1 heterocycles. The second kappa shape index (κ2) is 8.14. The van der Waals surface area contributed by atoms with Crippen LogP contribution < -0.4 is 10.6 Å². The van der Waals surface area contributed by atoms with Gasteiger partial charge in [0.1, 0.15) is 5.82 Å². The van der Waals surface area contributed by atoms with Crippen molar-refractivity contribution in [2.24, 2.45) is 0 Å². The highest BCUT2D eigenvalue weighted by atomic mass is 16.4. The molecule has 24 heavy (non-hydrogen) atoms. The molecular formula is C17H22N4O3. The number of aromatic nitrogens is 2. The van der Waals surface area contributed by atoms with Crippen LogP contribution in [0.4, 0.5) is 10.6 Å². The van der Waals surface area contributed by atoms with Crippen LogP contribution in [0.1, 0.15) is 38.3 Å². The number of amides is 2. The number of urea groups is 1. The van der Waals surface area contributed by atoms with E-state index in [9.17, 15) is 9.59 Å². The molecule has 0 aliphatic carbocycles. The highest BCUT2D eigenvalue weighted by Crippen LogP contribution is 2.21. The summed E-state index contributed by atoms with van der Waals surface area (Å²) in [4.78, 5) is 22.5. The molecule has 1 aromatic carbocycles.